The summed E-state index contributed by atoms with van der Waals surface area (Å²) in [6, 6.07) is 4.51. The second kappa shape index (κ2) is 7.94. The highest BCUT2D eigenvalue weighted by atomic mass is 19.4. The highest BCUT2D eigenvalue weighted by molar-refractivity contribution is 5.92. The Labute approximate surface area is 148 Å². The first-order valence-electron chi connectivity index (χ1n) is 8.13. The second-order valence-corrected chi connectivity index (χ2v) is 6.31. The average Bonchev–Trinajstić information content (AvgIpc) is 2.82. The molecule has 0 aliphatic carbocycles. The zero-order chi connectivity index (χ0) is 19.5. The summed E-state index contributed by atoms with van der Waals surface area (Å²) in [5.74, 6) is -2.11. The fourth-order valence-electron chi connectivity index (χ4n) is 2.70. The maximum atomic E-state index is 12.9. The van der Waals surface area contributed by atoms with E-state index in [9.17, 15) is 27.9 Å². The van der Waals surface area contributed by atoms with Crippen LogP contribution in [0.15, 0.2) is 24.3 Å². The van der Waals surface area contributed by atoms with Gasteiger partial charge in [-0.05, 0) is 19.1 Å². The third-order valence-electron chi connectivity index (χ3n) is 4.21. The number of hydrogen-bond donors (Lipinski definition) is 2. The molecule has 2 rings (SSSR count). The number of halogens is 3. The third-order valence-corrected chi connectivity index (χ3v) is 4.21. The average molecular weight is 374 g/mol. The van der Waals surface area contributed by atoms with E-state index in [0.717, 1.165) is 6.07 Å². The van der Waals surface area contributed by atoms with Crippen LogP contribution in [-0.4, -0.2) is 54.2 Å². The molecule has 1 aromatic rings. The number of hydrogen-bond acceptors (Lipinski definition) is 4. The molecule has 1 fully saturated rings. The number of nitrogens with zero attached hydrogens (tertiary/aromatic N) is 1. The molecular formula is C17H21F3N2O4. The Balaban J connectivity index is 1.84. The van der Waals surface area contributed by atoms with Crippen molar-refractivity contribution < 1.29 is 32.6 Å². The van der Waals surface area contributed by atoms with Crippen molar-refractivity contribution in [2.24, 2.45) is 5.92 Å². The normalized spacial score (nSPS) is 21.6. The molecular weight excluding hydrogens is 353 g/mol. The van der Waals surface area contributed by atoms with Crippen molar-refractivity contribution in [3.8, 4) is 5.75 Å². The summed E-state index contributed by atoms with van der Waals surface area (Å²) in [6.45, 7) is 1.76. The maximum Gasteiger partial charge on any atom is 0.419 e. The number of alkyl halides is 3. The Morgan fingerprint density at radius 1 is 1.42 bits per heavy atom. The number of carbonyl (C=O) groups excluding carboxylic acids is 2. The van der Waals surface area contributed by atoms with Crippen LogP contribution in [0, 0.1) is 5.92 Å². The lowest BCUT2D eigenvalue weighted by atomic mass is 10.0. The number of ether oxygens (including phenoxy) is 1. The van der Waals surface area contributed by atoms with Crippen LogP contribution in [-0.2, 0) is 15.8 Å². The molecule has 1 aromatic carbocycles. The minimum Gasteiger partial charge on any atom is -0.493 e. The topological polar surface area (TPSA) is 78.9 Å². The smallest absolute Gasteiger partial charge is 0.419 e. The van der Waals surface area contributed by atoms with E-state index in [1.54, 1.807) is 6.92 Å². The van der Waals surface area contributed by atoms with Gasteiger partial charge in [-0.25, -0.2) is 0 Å². The van der Waals surface area contributed by atoms with E-state index in [1.165, 1.54) is 30.1 Å². The molecule has 0 saturated carbocycles. The Kier molecular flexibility index (Phi) is 6.12. The predicted molar refractivity (Wildman–Crippen MR) is 86.3 cm³/mol. The Morgan fingerprint density at radius 2 is 2.08 bits per heavy atom. The molecule has 6 nitrogen and oxygen atoms in total. The van der Waals surface area contributed by atoms with Crippen molar-refractivity contribution in [1.82, 2.24) is 10.2 Å². The van der Waals surface area contributed by atoms with Gasteiger partial charge >= 0.3 is 6.18 Å². The van der Waals surface area contributed by atoms with Crippen molar-refractivity contribution in [3.05, 3.63) is 29.8 Å². The molecule has 26 heavy (non-hydrogen) atoms. The first kappa shape index (κ1) is 20.0. The fraction of sp³-hybridized carbons (Fsp3) is 0.529. The van der Waals surface area contributed by atoms with Gasteiger partial charge in [0.05, 0.1) is 18.1 Å². The minimum absolute atomic E-state index is 0.0272. The lowest BCUT2D eigenvalue weighted by Gasteiger charge is -2.19. The first-order chi connectivity index (χ1) is 12.1. The summed E-state index contributed by atoms with van der Waals surface area (Å²) >= 11 is 0. The largest absolute Gasteiger partial charge is 0.493 e. The van der Waals surface area contributed by atoms with Gasteiger partial charge in [0.25, 0.3) is 5.91 Å². The van der Waals surface area contributed by atoms with Crippen LogP contribution in [0.1, 0.15) is 18.9 Å². The highest BCUT2D eigenvalue weighted by Crippen LogP contribution is 2.35. The van der Waals surface area contributed by atoms with Gasteiger partial charge in [-0.2, -0.15) is 13.2 Å². The lowest BCUT2D eigenvalue weighted by molar-refractivity contribution is -0.139. The standard InChI is InChI=1S/C17H21F3N2O4/c1-10(21-15(24)11-9-22(2)16(25)14(11)23)7-8-26-13-6-4-3-5-12(13)17(18,19)20/h3-6,10-11,14,23H,7-9H2,1-2H3,(H,21,24). The molecule has 2 amide bonds. The molecule has 1 saturated heterocycles. The number of para-hydroxylation sites is 1. The van der Waals surface area contributed by atoms with E-state index in [0.29, 0.717) is 0 Å². The molecule has 3 atom stereocenters. The van der Waals surface area contributed by atoms with Gasteiger partial charge in [0.2, 0.25) is 5.91 Å². The van der Waals surface area contributed by atoms with Crippen LogP contribution in [0.3, 0.4) is 0 Å². The molecule has 1 aliphatic rings. The number of amides is 2. The molecule has 2 N–H and O–H groups in total. The van der Waals surface area contributed by atoms with Gasteiger partial charge in [0.15, 0.2) is 0 Å². The molecule has 0 spiro atoms. The summed E-state index contributed by atoms with van der Waals surface area (Å²) in [4.78, 5) is 24.9. The van der Waals surface area contributed by atoms with Crippen molar-refractivity contribution in [1.29, 1.82) is 0 Å². The second-order valence-electron chi connectivity index (χ2n) is 6.31. The number of aliphatic hydroxyl groups is 1. The van der Waals surface area contributed by atoms with E-state index >= 15 is 0 Å². The van der Waals surface area contributed by atoms with E-state index in [1.807, 2.05) is 0 Å². The minimum atomic E-state index is -4.51. The van der Waals surface area contributed by atoms with E-state index in [2.05, 4.69) is 5.32 Å². The van der Waals surface area contributed by atoms with Crippen LogP contribution in [0.25, 0.3) is 0 Å². The van der Waals surface area contributed by atoms with Crippen LogP contribution in [0.4, 0.5) is 13.2 Å². The summed E-state index contributed by atoms with van der Waals surface area (Å²) in [5, 5.41) is 12.4. The lowest BCUT2D eigenvalue weighted by Crippen LogP contribution is -2.42. The van der Waals surface area contributed by atoms with Gasteiger partial charge < -0.3 is 20.1 Å². The van der Waals surface area contributed by atoms with E-state index in [-0.39, 0.29) is 25.3 Å². The zero-order valence-corrected chi connectivity index (χ0v) is 14.4. The number of likely N-dealkylation sites (N-methyl/N-ethyl adjacent to an activating group) is 1. The molecule has 144 valence electrons. The quantitative estimate of drug-likeness (QED) is 0.790. The zero-order valence-electron chi connectivity index (χ0n) is 14.4. The van der Waals surface area contributed by atoms with Crippen LogP contribution in [0.2, 0.25) is 0 Å². The van der Waals surface area contributed by atoms with Gasteiger partial charge in [-0.1, -0.05) is 12.1 Å². The molecule has 1 aliphatic heterocycles. The highest BCUT2D eigenvalue weighted by Gasteiger charge is 2.41. The number of carbonyl (C=O) groups is 2. The summed E-state index contributed by atoms with van der Waals surface area (Å²) in [7, 11) is 1.49. The molecule has 9 heteroatoms. The summed E-state index contributed by atoms with van der Waals surface area (Å²) < 4.78 is 43.9. The number of nitrogens with one attached hydrogen (secondary N) is 1. The van der Waals surface area contributed by atoms with Crippen LogP contribution in [0.5, 0.6) is 5.75 Å². The van der Waals surface area contributed by atoms with Crippen molar-refractivity contribution in [2.45, 2.75) is 31.7 Å². The van der Waals surface area contributed by atoms with Gasteiger partial charge in [-0.3, -0.25) is 9.59 Å². The first-order valence-corrected chi connectivity index (χ1v) is 8.13. The molecule has 0 radical (unpaired) electrons. The van der Waals surface area contributed by atoms with E-state index < -0.39 is 41.6 Å². The summed E-state index contributed by atoms with van der Waals surface area (Å²) in [5.41, 5.74) is -0.854. The SMILES string of the molecule is CC(CCOc1ccccc1C(F)(F)F)NC(=O)C1CN(C)C(=O)C1O. The number of benzene rings is 1. The molecule has 3 unspecified atom stereocenters. The van der Waals surface area contributed by atoms with Crippen molar-refractivity contribution in [3.63, 3.8) is 0 Å². The Hall–Kier alpha value is -2.29. The molecule has 1 heterocycles. The third kappa shape index (κ3) is 4.66. The Bertz CT molecular complexity index is 666. The van der Waals surface area contributed by atoms with E-state index in [4.69, 9.17) is 4.74 Å². The van der Waals surface area contributed by atoms with Crippen molar-refractivity contribution in [2.75, 3.05) is 20.2 Å². The van der Waals surface area contributed by atoms with Crippen molar-refractivity contribution >= 4 is 11.8 Å². The number of rotatable bonds is 6. The predicted octanol–water partition coefficient (Wildman–Crippen LogP) is 1.43. The number of likely N-dealkylation sites (tertiary alicyclic amines) is 1. The fourth-order valence-corrected chi connectivity index (χ4v) is 2.70. The molecule has 0 bridgehead atoms. The number of aliphatic hydroxyl groups excluding tert-OH is 1. The van der Waals surface area contributed by atoms with Crippen LogP contribution < -0.4 is 10.1 Å². The van der Waals surface area contributed by atoms with Gasteiger partial charge in [0.1, 0.15) is 11.9 Å². The van der Waals surface area contributed by atoms with Gasteiger partial charge in [0, 0.05) is 26.1 Å². The Morgan fingerprint density at radius 3 is 2.65 bits per heavy atom. The van der Waals surface area contributed by atoms with Crippen LogP contribution >= 0.6 is 0 Å². The molecule has 0 aromatic heterocycles. The maximum absolute atomic E-state index is 12.9. The monoisotopic (exact) mass is 374 g/mol. The summed E-state index contributed by atoms with van der Waals surface area (Å²) in [6.07, 6.45) is -5.61. The van der Waals surface area contributed by atoms with Gasteiger partial charge in [-0.15, -0.1) is 0 Å².